The van der Waals surface area contributed by atoms with E-state index >= 15 is 0 Å². The van der Waals surface area contributed by atoms with Crippen LogP contribution in [0.2, 0.25) is 5.02 Å². The van der Waals surface area contributed by atoms with Crippen LogP contribution in [0.15, 0.2) is 78.9 Å². The lowest BCUT2D eigenvalue weighted by molar-refractivity contribution is -0.109. The fourth-order valence-electron chi connectivity index (χ4n) is 3.66. The molecule has 0 aliphatic carbocycles. The molecule has 0 saturated heterocycles. The van der Waals surface area contributed by atoms with Gasteiger partial charge in [0.15, 0.2) is 0 Å². The highest BCUT2D eigenvalue weighted by atomic mass is 35.5. The number of hydrogen-bond donors (Lipinski definition) is 1. The second-order valence-electron chi connectivity index (χ2n) is 7.49. The number of aromatic nitrogens is 1. The van der Waals surface area contributed by atoms with Crippen molar-refractivity contribution >= 4 is 46.9 Å². The van der Waals surface area contributed by atoms with Gasteiger partial charge in [0.05, 0.1) is 16.8 Å². The van der Waals surface area contributed by atoms with Crippen molar-refractivity contribution in [1.82, 2.24) is 4.98 Å². The predicted molar refractivity (Wildman–Crippen MR) is 128 cm³/mol. The molecule has 0 fully saturated rings. The molecule has 32 heavy (non-hydrogen) atoms. The van der Waals surface area contributed by atoms with Gasteiger partial charge in [0.2, 0.25) is 0 Å². The van der Waals surface area contributed by atoms with E-state index in [2.05, 4.69) is 4.98 Å². The van der Waals surface area contributed by atoms with Crippen LogP contribution < -0.4 is 0 Å². The highest BCUT2D eigenvalue weighted by Gasteiger charge is 2.16. The highest BCUT2D eigenvalue weighted by Crippen LogP contribution is 2.24. The molecular formula is C27H20ClNO3. The van der Waals surface area contributed by atoms with Gasteiger partial charge >= 0.3 is 5.97 Å². The summed E-state index contributed by atoms with van der Waals surface area (Å²) in [5.41, 5.74) is 4.24. The van der Waals surface area contributed by atoms with E-state index in [1.54, 1.807) is 24.3 Å². The summed E-state index contributed by atoms with van der Waals surface area (Å²) in [6, 6.07) is 24.0. The van der Waals surface area contributed by atoms with Crippen LogP contribution in [-0.4, -0.2) is 22.3 Å². The largest absolute Gasteiger partial charge is 0.478 e. The van der Waals surface area contributed by atoms with Gasteiger partial charge in [0.1, 0.15) is 6.29 Å². The van der Waals surface area contributed by atoms with Crippen molar-refractivity contribution in [3.63, 3.8) is 0 Å². The van der Waals surface area contributed by atoms with E-state index < -0.39 is 11.9 Å². The molecular weight excluding hydrogens is 422 g/mol. The maximum atomic E-state index is 11.8. The zero-order valence-electron chi connectivity index (χ0n) is 17.1. The molecule has 1 unspecified atom stereocenters. The minimum atomic E-state index is -0.994. The van der Waals surface area contributed by atoms with E-state index in [-0.39, 0.29) is 5.56 Å². The zero-order valence-corrected chi connectivity index (χ0v) is 17.9. The van der Waals surface area contributed by atoms with E-state index in [1.807, 2.05) is 66.7 Å². The topological polar surface area (TPSA) is 67.3 Å². The number of nitrogens with zero attached hydrogens (tertiary/aromatic N) is 1. The number of benzene rings is 3. The summed E-state index contributed by atoms with van der Waals surface area (Å²) in [5, 5.41) is 11.1. The molecule has 1 heterocycles. The third-order valence-corrected chi connectivity index (χ3v) is 5.55. The van der Waals surface area contributed by atoms with Gasteiger partial charge in [-0.3, -0.25) is 0 Å². The van der Waals surface area contributed by atoms with Crippen molar-refractivity contribution in [3.8, 4) is 0 Å². The summed E-state index contributed by atoms with van der Waals surface area (Å²) in [4.78, 5) is 28.0. The first-order valence-electron chi connectivity index (χ1n) is 10.1. The number of carbonyl (C=O) groups is 2. The Morgan fingerprint density at radius 3 is 2.59 bits per heavy atom. The van der Waals surface area contributed by atoms with Gasteiger partial charge in [0.25, 0.3) is 0 Å². The quantitative estimate of drug-likeness (QED) is 0.342. The molecule has 0 saturated carbocycles. The zero-order chi connectivity index (χ0) is 22.5. The molecule has 1 aromatic heterocycles. The summed E-state index contributed by atoms with van der Waals surface area (Å²) in [7, 11) is 0. The number of carboxylic acid groups (broad SMARTS) is 1. The number of aromatic carboxylic acids is 1. The van der Waals surface area contributed by atoms with Gasteiger partial charge in [-0.2, -0.15) is 0 Å². The lowest BCUT2D eigenvalue weighted by Gasteiger charge is -2.13. The van der Waals surface area contributed by atoms with Crippen LogP contribution in [0.4, 0.5) is 0 Å². The van der Waals surface area contributed by atoms with Gasteiger partial charge in [-0.25, -0.2) is 9.78 Å². The number of carbonyl (C=O) groups excluding carboxylic acids is 1. The molecule has 0 aliphatic rings. The van der Waals surface area contributed by atoms with E-state index in [1.165, 1.54) is 0 Å². The van der Waals surface area contributed by atoms with E-state index in [4.69, 9.17) is 11.6 Å². The number of pyridine rings is 1. The Balaban J connectivity index is 1.57. The van der Waals surface area contributed by atoms with Crippen molar-refractivity contribution in [2.45, 2.75) is 12.3 Å². The van der Waals surface area contributed by atoms with Gasteiger partial charge in [-0.1, -0.05) is 72.3 Å². The average molecular weight is 442 g/mol. The molecule has 0 aliphatic heterocycles. The Kier molecular flexibility index (Phi) is 6.43. The first-order valence-corrected chi connectivity index (χ1v) is 10.5. The number of rotatable bonds is 7. The lowest BCUT2D eigenvalue weighted by atomic mass is 9.90. The highest BCUT2D eigenvalue weighted by molar-refractivity contribution is 6.31. The average Bonchev–Trinajstić information content (AvgIpc) is 2.81. The molecule has 0 spiro atoms. The Morgan fingerprint density at radius 1 is 0.969 bits per heavy atom. The predicted octanol–water partition coefficient (Wildman–Crippen LogP) is 6.28. The Bertz CT molecular complexity index is 1330. The molecule has 3 aromatic carbocycles. The standard InChI is InChI=1S/C27H20ClNO3/c28-23-11-9-19-10-13-24(29-26(19)16-23)12-8-18-4-3-6-20(14-18)22(17-30)15-21-5-1-2-7-25(21)27(31)32/h1-14,16-17,22H,15H2,(H,31,32). The Morgan fingerprint density at radius 2 is 1.78 bits per heavy atom. The van der Waals surface area contributed by atoms with Crippen LogP contribution in [0.25, 0.3) is 23.1 Å². The monoisotopic (exact) mass is 441 g/mol. The molecule has 4 aromatic rings. The van der Waals surface area contributed by atoms with Crippen LogP contribution in [-0.2, 0) is 11.2 Å². The van der Waals surface area contributed by atoms with Crippen LogP contribution in [0, 0.1) is 0 Å². The fourth-order valence-corrected chi connectivity index (χ4v) is 3.83. The second-order valence-corrected chi connectivity index (χ2v) is 7.92. The van der Waals surface area contributed by atoms with Crippen molar-refractivity contribution in [2.75, 3.05) is 0 Å². The van der Waals surface area contributed by atoms with Crippen molar-refractivity contribution < 1.29 is 14.7 Å². The fraction of sp³-hybridized carbons (Fsp3) is 0.0741. The van der Waals surface area contributed by atoms with E-state index in [0.717, 1.165) is 34.0 Å². The van der Waals surface area contributed by atoms with Crippen molar-refractivity contribution in [3.05, 3.63) is 112 Å². The third kappa shape index (κ3) is 4.93. The molecule has 1 atom stereocenters. The number of carboxylic acids is 1. The van der Waals surface area contributed by atoms with Crippen molar-refractivity contribution in [2.24, 2.45) is 0 Å². The molecule has 1 N–H and O–H groups in total. The summed E-state index contributed by atoms with van der Waals surface area (Å²) in [6.07, 6.45) is 5.05. The summed E-state index contributed by atoms with van der Waals surface area (Å²) >= 11 is 6.07. The maximum absolute atomic E-state index is 11.8. The van der Waals surface area contributed by atoms with Crippen LogP contribution in [0.1, 0.15) is 38.7 Å². The van der Waals surface area contributed by atoms with E-state index in [9.17, 15) is 14.7 Å². The number of aldehydes is 1. The van der Waals surface area contributed by atoms with Crippen LogP contribution >= 0.6 is 11.6 Å². The van der Waals surface area contributed by atoms with Gasteiger partial charge in [-0.15, -0.1) is 0 Å². The Labute approximate surface area is 190 Å². The first kappa shape index (κ1) is 21.5. The summed E-state index contributed by atoms with van der Waals surface area (Å²) < 4.78 is 0. The number of halogens is 1. The second kappa shape index (κ2) is 9.58. The molecule has 0 bridgehead atoms. The minimum absolute atomic E-state index is 0.220. The molecule has 0 radical (unpaired) electrons. The normalized spacial score (nSPS) is 12.2. The van der Waals surface area contributed by atoms with Gasteiger partial charge in [-0.05, 0) is 53.5 Å². The lowest BCUT2D eigenvalue weighted by Crippen LogP contribution is -2.09. The van der Waals surface area contributed by atoms with Crippen LogP contribution in [0.3, 0.4) is 0 Å². The minimum Gasteiger partial charge on any atom is -0.478 e. The summed E-state index contributed by atoms with van der Waals surface area (Å²) in [5.74, 6) is -1.43. The first-order chi connectivity index (χ1) is 15.5. The molecule has 0 amide bonds. The SMILES string of the molecule is O=CC(Cc1ccccc1C(=O)O)c1cccc(C=Cc2ccc3ccc(Cl)cc3n2)c1. The summed E-state index contributed by atoms with van der Waals surface area (Å²) in [6.45, 7) is 0. The van der Waals surface area contributed by atoms with Crippen LogP contribution in [0.5, 0.6) is 0 Å². The van der Waals surface area contributed by atoms with Gasteiger partial charge < -0.3 is 9.90 Å². The molecule has 4 rings (SSSR count). The molecule has 158 valence electrons. The third-order valence-electron chi connectivity index (χ3n) is 5.31. The maximum Gasteiger partial charge on any atom is 0.335 e. The smallest absolute Gasteiger partial charge is 0.335 e. The number of hydrogen-bond acceptors (Lipinski definition) is 3. The van der Waals surface area contributed by atoms with Gasteiger partial charge in [0, 0.05) is 16.3 Å². The molecule has 4 nitrogen and oxygen atoms in total. The number of fused-ring (bicyclic) bond motifs is 1. The van der Waals surface area contributed by atoms with Crippen molar-refractivity contribution in [1.29, 1.82) is 0 Å². The molecule has 5 heteroatoms. The van der Waals surface area contributed by atoms with E-state index in [0.29, 0.717) is 17.0 Å². The Hall–Kier alpha value is -3.76.